The molecule has 0 spiro atoms. The molecule has 0 amide bonds. The predicted octanol–water partition coefficient (Wildman–Crippen LogP) is 4.15. The molecule has 0 N–H and O–H groups in total. The van der Waals surface area contributed by atoms with Gasteiger partial charge in [0, 0.05) is 11.6 Å². The quantitative estimate of drug-likeness (QED) is 0.662. The molecule has 15 heavy (non-hydrogen) atoms. The van der Waals surface area contributed by atoms with Crippen molar-refractivity contribution in [1.29, 1.82) is 0 Å². The molecule has 0 aliphatic carbocycles. The van der Waals surface area contributed by atoms with Crippen LogP contribution >= 0.6 is 11.6 Å². The van der Waals surface area contributed by atoms with Crippen molar-refractivity contribution >= 4 is 22.4 Å². The first-order valence-corrected chi connectivity index (χ1v) is 5.21. The molecule has 1 aromatic heterocycles. The van der Waals surface area contributed by atoms with Gasteiger partial charge in [0.1, 0.15) is 11.0 Å². The zero-order valence-corrected chi connectivity index (χ0v) is 9.35. The van der Waals surface area contributed by atoms with Crippen LogP contribution in [0.4, 0.5) is 4.39 Å². The number of pyridine rings is 1. The lowest BCUT2D eigenvalue weighted by atomic mass is 9.96. The molecular weight excluding hydrogens is 213 g/mol. The number of hydrogen-bond acceptors (Lipinski definition) is 1. The Morgan fingerprint density at radius 3 is 2.73 bits per heavy atom. The number of rotatable bonds is 1. The summed E-state index contributed by atoms with van der Waals surface area (Å²) in [5.74, 6) is -0.0491. The molecule has 0 fully saturated rings. The number of fused-ring (bicyclic) bond motifs is 1. The van der Waals surface area contributed by atoms with E-state index in [0.717, 1.165) is 10.8 Å². The van der Waals surface area contributed by atoms with E-state index in [-0.39, 0.29) is 11.7 Å². The zero-order chi connectivity index (χ0) is 11.0. The summed E-state index contributed by atoms with van der Waals surface area (Å²) in [5, 5.41) is 2.17. The lowest BCUT2D eigenvalue weighted by Gasteiger charge is -2.11. The highest BCUT2D eigenvalue weighted by molar-refractivity contribution is 6.30. The SMILES string of the molecule is CC(C)c1c(F)ccc2cnc(Cl)cc12. The second-order valence-corrected chi connectivity index (χ2v) is 4.23. The number of nitrogens with zero attached hydrogens (tertiary/aromatic N) is 1. The molecule has 2 rings (SSSR count). The van der Waals surface area contributed by atoms with Crippen molar-refractivity contribution in [3.05, 3.63) is 40.9 Å². The van der Waals surface area contributed by atoms with Gasteiger partial charge in [0.25, 0.3) is 0 Å². The Morgan fingerprint density at radius 1 is 1.33 bits per heavy atom. The van der Waals surface area contributed by atoms with E-state index in [9.17, 15) is 4.39 Å². The van der Waals surface area contributed by atoms with E-state index in [2.05, 4.69) is 4.98 Å². The van der Waals surface area contributed by atoms with E-state index in [1.807, 2.05) is 13.8 Å². The summed E-state index contributed by atoms with van der Waals surface area (Å²) in [4.78, 5) is 3.98. The van der Waals surface area contributed by atoms with Crippen LogP contribution in [0.15, 0.2) is 24.4 Å². The maximum atomic E-state index is 13.6. The van der Waals surface area contributed by atoms with Gasteiger partial charge in [-0.3, -0.25) is 0 Å². The number of halogens is 2. The van der Waals surface area contributed by atoms with Gasteiger partial charge in [-0.05, 0) is 35.1 Å². The van der Waals surface area contributed by atoms with Crippen LogP contribution in [-0.4, -0.2) is 4.98 Å². The first-order chi connectivity index (χ1) is 7.09. The third-order valence-corrected chi connectivity index (χ3v) is 2.64. The summed E-state index contributed by atoms with van der Waals surface area (Å²) in [6.07, 6.45) is 1.67. The largest absolute Gasteiger partial charge is 0.244 e. The molecule has 0 saturated heterocycles. The second kappa shape index (κ2) is 3.78. The minimum atomic E-state index is -0.181. The fourth-order valence-electron chi connectivity index (χ4n) is 1.77. The van der Waals surface area contributed by atoms with Gasteiger partial charge in [0.15, 0.2) is 0 Å². The summed E-state index contributed by atoms with van der Waals surface area (Å²) in [5.41, 5.74) is 0.705. The summed E-state index contributed by atoms with van der Waals surface area (Å²) in [6, 6.07) is 4.92. The van der Waals surface area contributed by atoms with Gasteiger partial charge >= 0.3 is 0 Å². The third-order valence-electron chi connectivity index (χ3n) is 2.44. The Labute approximate surface area is 92.9 Å². The summed E-state index contributed by atoms with van der Waals surface area (Å²) in [7, 11) is 0. The Morgan fingerprint density at radius 2 is 2.07 bits per heavy atom. The number of hydrogen-bond donors (Lipinski definition) is 0. The maximum Gasteiger partial charge on any atom is 0.129 e. The monoisotopic (exact) mass is 223 g/mol. The lowest BCUT2D eigenvalue weighted by Crippen LogP contribution is -1.95. The average molecular weight is 224 g/mol. The normalized spacial score (nSPS) is 11.3. The summed E-state index contributed by atoms with van der Waals surface area (Å²) in [6.45, 7) is 3.93. The molecule has 0 saturated carbocycles. The average Bonchev–Trinajstić information content (AvgIpc) is 2.16. The zero-order valence-electron chi connectivity index (χ0n) is 8.59. The van der Waals surface area contributed by atoms with Gasteiger partial charge < -0.3 is 0 Å². The van der Waals surface area contributed by atoms with Crippen LogP contribution in [0.3, 0.4) is 0 Å². The van der Waals surface area contributed by atoms with E-state index in [1.165, 1.54) is 6.07 Å². The molecule has 78 valence electrons. The highest BCUT2D eigenvalue weighted by Crippen LogP contribution is 2.28. The maximum absolute atomic E-state index is 13.6. The lowest BCUT2D eigenvalue weighted by molar-refractivity contribution is 0.602. The Bertz CT molecular complexity index is 503. The van der Waals surface area contributed by atoms with E-state index in [4.69, 9.17) is 11.6 Å². The first kappa shape index (κ1) is 10.4. The van der Waals surface area contributed by atoms with Crippen molar-refractivity contribution in [3.8, 4) is 0 Å². The molecule has 0 bridgehead atoms. The van der Waals surface area contributed by atoms with Crippen molar-refractivity contribution in [2.45, 2.75) is 19.8 Å². The smallest absolute Gasteiger partial charge is 0.129 e. The van der Waals surface area contributed by atoms with Gasteiger partial charge in [-0.2, -0.15) is 0 Å². The molecule has 1 aromatic carbocycles. The van der Waals surface area contributed by atoms with Crippen LogP contribution in [0.5, 0.6) is 0 Å². The third kappa shape index (κ3) is 1.82. The standard InChI is InChI=1S/C12H11ClFN/c1-7(2)12-9-5-11(13)15-6-8(9)3-4-10(12)14/h3-7H,1-2H3. The minimum absolute atomic E-state index is 0.132. The summed E-state index contributed by atoms with van der Waals surface area (Å²) >= 11 is 5.81. The number of aromatic nitrogens is 1. The van der Waals surface area contributed by atoms with Crippen LogP contribution in [0.2, 0.25) is 5.15 Å². The van der Waals surface area contributed by atoms with E-state index >= 15 is 0 Å². The molecule has 2 aromatic rings. The van der Waals surface area contributed by atoms with Crippen LogP contribution in [0, 0.1) is 5.82 Å². The molecule has 0 radical (unpaired) electrons. The molecular formula is C12H11ClFN. The Kier molecular flexibility index (Phi) is 2.61. The van der Waals surface area contributed by atoms with Gasteiger partial charge in [-0.25, -0.2) is 9.37 Å². The van der Waals surface area contributed by atoms with E-state index in [0.29, 0.717) is 10.7 Å². The fraction of sp³-hybridized carbons (Fsp3) is 0.250. The highest BCUT2D eigenvalue weighted by Gasteiger charge is 2.11. The van der Waals surface area contributed by atoms with Gasteiger partial charge in [0.05, 0.1) is 0 Å². The first-order valence-electron chi connectivity index (χ1n) is 4.83. The molecule has 0 unspecified atom stereocenters. The Hall–Kier alpha value is -1.15. The fourth-order valence-corrected chi connectivity index (χ4v) is 1.93. The van der Waals surface area contributed by atoms with Gasteiger partial charge in [0.2, 0.25) is 0 Å². The van der Waals surface area contributed by atoms with Gasteiger partial charge in [-0.1, -0.05) is 25.4 Å². The molecule has 0 atom stereocenters. The van der Waals surface area contributed by atoms with E-state index in [1.54, 1.807) is 18.3 Å². The van der Waals surface area contributed by atoms with Crippen molar-refractivity contribution in [2.75, 3.05) is 0 Å². The second-order valence-electron chi connectivity index (χ2n) is 3.84. The number of benzene rings is 1. The summed E-state index contributed by atoms with van der Waals surface area (Å²) < 4.78 is 13.6. The van der Waals surface area contributed by atoms with Crippen LogP contribution in [0.1, 0.15) is 25.3 Å². The van der Waals surface area contributed by atoms with Gasteiger partial charge in [-0.15, -0.1) is 0 Å². The highest BCUT2D eigenvalue weighted by atomic mass is 35.5. The van der Waals surface area contributed by atoms with Crippen molar-refractivity contribution in [3.63, 3.8) is 0 Å². The van der Waals surface area contributed by atoms with Crippen molar-refractivity contribution in [2.24, 2.45) is 0 Å². The molecule has 1 heterocycles. The molecule has 0 aliphatic heterocycles. The van der Waals surface area contributed by atoms with Crippen LogP contribution in [-0.2, 0) is 0 Å². The topological polar surface area (TPSA) is 12.9 Å². The minimum Gasteiger partial charge on any atom is -0.244 e. The van der Waals surface area contributed by atoms with Crippen LogP contribution in [0.25, 0.3) is 10.8 Å². The molecule has 1 nitrogen and oxygen atoms in total. The van der Waals surface area contributed by atoms with E-state index < -0.39 is 0 Å². The van der Waals surface area contributed by atoms with Crippen LogP contribution < -0.4 is 0 Å². The molecule has 3 heteroatoms. The molecule has 0 aliphatic rings. The van der Waals surface area contributed by atoms with Crippen molar-refractivity contribution < 1.29 is 4.39 Å². The van der Waals surface area contributed by atoms with Crippen molar-refractivity contribution in [1.82, 2.24) is 4.98 Å². The Balaban J connectivity index is 2.84. The predicted molar refractivity (Wildman–Crippen MR) is 60.8 cm³/mol.